The molecule has 0 bridgehead atoms. The Morgan fingerprint density at radius 2 is 1.40 bits per heavy atom. The molecule has 8 heteroatoms. The second-order valence-electron chi connectivity index (χ2n) is 7.13. The van der Waals surface area contributed by atoms with Crippen molar-refractivity contribution in [1.82, 2.24) is 14.2 Å². The maximum Gasteiger partial charge on any atom is 0.243 e. The van der Waals surface area contributed by atoms with Gasteiger partial charge >= 0.3 is 0 Å². The summed E-state index contributed by atoms with van der Waals surface area (Å²) in [7, 11) is -3.54. The van der Waals surface area contributed by atoms with Crippen LogP contribution in [0.1, 0.15) is 17.2 Å². The van der Waals surface area contributed by atoms with Gasteiger partial charge in [0.1, 0.15) is 0 Å². The summed E-state index contributed by atoms with van der Waals surface area (Å²) in [6.07, 6.45) is 3.61. The minimum atomic E-state index is -3.54. The Balaban J connectivity index is 1.56. The Morgan fingerprint density at radius 3 is 1.97 bits per heavy atom. The number of hydrogen-bond acceptors (Lipinski definition) is 4. The second-order valence-corrected chi connectivity index (χ2v) is 9.95. The summed E-state index contributed by atoms with van der Waals surface area (Å²) in [5.41, 5.74) is 2.16. The Bertz CT molecular complexity index is 1080. The Hall–Kier alpha value is -1.96. The van der Waals surface area contributed by atoms with E-state index in [1.54, 1.807) is 30.5 Å². The molecule has 0 aliphatic carbocycles. The van der Waals surface area contributed by atoms with E-state index in [1.165, 1.54) is 4.31 Å². The van der Waals surface area contributed by atoms with Crippen molar-refractivity contribution in [3.63, 3.8) is 0 Å². The summed E-state index contributed by atoms with van der Waals surface area (Å²) in [5.74, 6) is 0. The van der Waals surface area contributed by atoms with E-state index in [1.807, 2.05) is 42.6 Å². The lowest BCUT2D eigenvalue weighted by atomic mass is 9.98. The van der Waals surface area contributed by atoms with E-state index in [2.05, 4.69) is 9.88 Å². The monoisotopic (exact) mass is 461 g/mol. The van der Waals surface area contributed by atoms with E-state index in [-0.39, 0.29) is 10.9 Å². The molecule has 30 heavy (non-hydrogen) atoms. The van der Waals surface area contributed by atoms with Crippen LogP contribution in [0.2, 0.25) is 10.0 Å². The fraction of sp³-hybridized carbons (Fsp3) is 0.227. The normalized spacial score (nSPS) is 17.0. The summed E-state index contributed by atoms with van der Waals surface area (Å²) in [5, 5.41) is 1.20. The molecule has 156 valence electrons. The predicted octanol–water partition coefficient (Wildman–Crippen LogP) is 4.48. The molecule has 1 saturated heterocycles. The molecule has 0 N–H and O–H groups in total. The van der Waals surface area contributed by atoms with Gasteiger partial charge in [0, 0.05) is 48.6 Å². The molecule has 0 amide bonds. The largest absolute Gasteiger partial charge is 0.290 e. The topological polar surface area (TPSA) is 53.5 Å². The molecule has 4 rings (SSSR count). The van der Waals surface area contributed by atoms with Gasteiger partial charge in [-0.3, -0.25) is 9.88 Å². The van der Waals surface area contributed by atoms with Crippen molar-refractivity contribution in [1.29, 1.82) is 0 Å². The van der Waals surface area contributed by atoms with E-state index in [0.717, 1.165) is 11.1 Å². The van der Waals surface area contributed by atoms with Gasteiger partial charge < -0.3 is 0 Å². The smallest absolute Gasteiger partial charge is 0.243 e. The van der Waals surface area contributed by atoms with Gasteiger partial charge in [0.05, 0.1) is 10.9 Å². The predicted molar refractivity (Wildman–Crippen MR) is 119 cm³/mol. The zero-order chi connectivity index (χ0) is 21.1. The quantitative estimate of drug-likeness (QED) is 0.561. The third-order valence-corrected chi connectivity index (χ3v) is 7.69. The van der Waals surface area contributed by atoms with Gasteiger partial charge in [-0.05, 0) is 53.6 Å². The Morgan fingerprint density at radius 1 is 0.800 bits per heavy atom. The van der Waals surface area contributed by atoms with Gasteiger partial charge in [-0.15, -0.1) is 0 Å². The van der Waals surface area contributed by atoms with Crippen LogP contribution in [0, 0.1) is 0 Å². The highest BCUT2D eigenvalue weighted by atomic mass is 35.5. The maximum absolute atomic E-state index is 13.0. The van der Waals surface area contributed by atoms with Crippen molar-refractivity contribution in [3.8, 4) is 0 Å². The average Bonchev–Trinajstić information content (AvgIpc) is 2.77. The van der Waals surface area contributed by atoms with Crippen LogP contribution >= 0.6 is 23.2 Å². The third kappa shape index (κ3) is 4.53. The number of nitrogens with zero attached hydrogens (tertiary/aromatic N) is 3. The lowest BCUT2D eigenvalue weighted by Gasteiger charge is -2.39. The van der Waals surface area contributed by atoms with Crippen molar-refractivity contribution < 1.29 is 8.42 Å². The fourth-order valence-electron chi connectivity index (χ4n) is 3.75. The van der Waals surface area contributed by atoms with Crippen LogP contribution < -0.4 is 0 Å². The summed E-state index contributed by atoms with van der Waals surface area (Å²) < 4.78 is 27.5. The second kappa shape index (κ2) is 9.04. The minimum Gasteiger partial charge on any atom is -0.290 e. The number of hydrogen-bond donors (Lipinski definition) is 0. The van der Waals surface area contributed by atoms with E-state index in [4.69, 9.17) is 23.2 Å². The molecule has 0 radical (unpaired) electrons. The molecule has 3 aromatic rings. The van der Waals surface area contributed by atoms with Gasteiger partial charge in [0.2, 0.25) is 10.0 Å². The highest BCUT2D eigenvalue weighted by Crippen LogP contribution is 2.31. The highest BCUT2D eigenvalue weighted by Gasteiger charge is 2.32. The molecular formula is C22H21Cl2N3O2S. The van der Waals surface area contributed by atoms with Crippen LogP contribution in [0.3, 0.4) is 0 Å². The zero-order valence-electron chi connectivity index (χ0n) is 16.2. The zero-order valence-corrected chi connectivity index (χ0v) is 18.5. The first kappa shape index (κ1) is 21.3. The number of benzene rings is 2. The van der Waals surface area contributed by atoms with Crippen LogP contribution in [0.15, 0.2) is 78.0 Å². The molecule has 1 aliphatic rings. The molecule has 0 spiro atoms. The number of piperazine rings is 1. The van der Waals surface area contributed by atoms with Crippen LogP contribution in [-0.2, 0) is 10.0 Å². The van der Waals surface area contributed by atoms with Crippen LogP contribution in [-0.4, -0.2) is 48.8 Å². The van der Waals surface area contributed by atoms with E-state index < -0.39 is 10.0 Å². The van der Waals surface area contributed by atoms with Crippen molar-refractivity contribution in [2.45, 2.75) is 10.9 Å². The summed E-state index contributed by atoms with van der Waals surface area (Å²) >= 11 is 12.0. The van der Waals surface area contributed by atoms with Crippen molar-refractivity contribution >= 4 is 33.2 Å². The standard InChI is InChI=1S/C22H21Cl2N3O2S/c23-19-5-3-17(4-6-19)22(18-2-1-11-25-16-18)26-12-14-27(15-13-26)30(28,29)21-9-7-20(24)8-10-21/h1-11,16,22H,12-15H2. The maximum atomic E-state index is 13.0. The first-order valence-electron chi connectivity index (χ1n) is 9.60. The number of sulfonamides is 1. The van der Waals surface area contributed by atoms with Gasteiger partial charge in [-0.25, -0.2) is 8.42 Å². The number of aromatic nitrogens is 1. The summed E-state index contributed by atoms with van der Waals surface area (Å²) in [4.78, 5) is 6.83. The van der Waals surface area contributed by atoms with Gasteiger partial charge in [0.25, 0.3) is 0 Å². The van der Waals surface area contributed by atoms with Crippen molar-refractivity contribution in [2.75, 3.05) is 26.2 Å². The molecule has 1 fully saturated rings. The molecule has 1 unspecified atom stereocenters. The number of pyridine rings is 1. The first-order chi connectivity index (χ1) is 14.4. The molecular weight excluding hydrogens is 441 g/mol. The van der Waals surface area contributed by atoms with Gasteiger partial charge in [0.15, 0.2) is 0 Å². The Labute approximate surface area is 186 Å². The highest BCUT2D eigenvalue weighted by molar-refractivity contribution is 7.89. The minimum absolute atomic E-state index is 0.0173. The van der Waals surface area contributed by atoms with E-state index >= 15 is 0 Å². The molecule has 2 heterocycles. The van der Waals surface area contributed by atoms with Crippen LogP contribution in [0.25, 0.3) is 0 Å². The van der Waals surface area contributed by atoms with Crippen LogP contribution in [0.5, 0.6) is 0 Å². The van der Waals surface area contributed by atoms with E-state index in [9.17, 15) is 8.42 Å². The average molecular weight is 462 g/mol. The molecule has 1 aromatic heterocycles. The summed E-state index contributed by atoms with van der Waals surface area (Å²) in [6, 6.07) is 18.0. The van der Waals surface area contributed by atoms with Gasteiger partial charge in [-0.1, -0.05) is 41.4 Å². The third-order valence-electron chi connectivity index (χ3n) is 5.28. The molecule has 0 saturated carbocycles. The lowest BCUT2D eigenvalue weighted by molar-refractivity contribution is 0.155. The SMILES string of the molecule is O=S(=O)(c1ccc(Cl)cc1)N1CCN(C(c2ccc(Cl)cc2)c2cccnc2)CC1. The summed E-state index contributed by atoms with van der Waals surface area (Å²) in [6.45, 7) is 2.04. The molecule has 1 aliphatic heterocycles. The molecule has 1 atom stereocenters. The number of rotatable bonds is 5. The van der Waals surface area contributed by atoms with Crippen molar-refractivity contribution in [2.24, 2.45) is 0 Å². The van der Waals surface area contributed by atoms with Gasteiger partial charge in [-0.2, -0.15) is 4.31 Å². The lowest BCUT2D eigenvalue weighted by Crippen LogP contribution is -2.49. The van der Waals surface area contributed by atoms with Crippen molar-refractivity contribution in [3.05, 3.63) is 94.2 Å². The van der Waals surface area contributed by atoms with Crippen LogP contribution in [0.4, 0.5) is 0 Å². The fourth-order valence-corrected chi connectivity index (χ4v) is 5.43. The number of halogens is 2. The van der Waals surface area contributed by atoms with E-state index in [0.29, 0.717) is 36.2 Å². The first-order valence-corrected chi connectivity index (χ1v) is 11.8. The molecule has 5 nitrogen and oxygen atoms in total. The molecule has 2 aromatic carbocycles. The Kier molecular flexibility index (Phi) is 6.41.